The highest BCUT2D eigenvalue weighted by molar-refractivity contribution is 5.91. The number of nitrogens with zero attached hydrogens (tertiary/aromatic N) is 3. The Balaban J connectivity index is 1.99. The minimum atomic E-state index is -0.481. The van der Waals surface area contributed by atoms with Gasteiger partial charge in [0.25, 0.3) is 0 Å². The molecule has 23 heavy (non-hydrogen) atoms. The van der Waals surface area contributed by atoms with Crippen molar-refractivity contribution < 1.29 is 14.3 Å². The molecule has 0 spiro atoms. The standard InChI is InChI=1S/C16H24N4O3/c1-19-11-13(10-18-19)4-5-15(22)20-9-3-7-16(12-20,23-2)8-6-14(17)21/h4-5,10-11H,3,6-9,12H2,1-2H3,(H2,17,21)/b5-4+/t16-/m0/s1. The van der Waals surface area contributed by atoms with Gasteiger partial charge in [-0.2, -0.15) is 5.10 Å². The normalized spacial score (nSPS) is 21.7. The summed E-state index contributed by atoms with van der Waals surface area (Å²) in [5, 5.41) is 4.06. The molecule has 1 fully saturated rings. The SMILES string of the molecule is CO[C@]1(CCC(N)=O)CCCN(C(=O)/C=C/c2cnn(C)c2)C1. The Morgan fingerprint density at radius 2 is 2.30 bits per heavy atom. The Bertz CT molecular complexity index is 596. The summed E-state index contributed by atoms with van der Waals surface area (Å²) in [4.78, 5) is 25.2. The number of ether oxygens (including phenoxy) is 1. The minimum Gasteiger partial charge on any atom is -0.376 e. The number of nitrogens with two attached hydrogens (primary N) is 1. The number of hydrogen-bond donors (Lipinski definition) is 1. The minimum absolute atomic E-state index is 0.0611. The van der Waals surface area contributed by atoms with Crippen molar-refractivity contribution in [1.29, 1.82) is 0 Å². The first-order valence-electron chi connectivity index (χ1n) is 7.73. The van der Waals surface area contributed by atoms with E-state index in [4.69, 9.17) is 10.5 Å². The van der Waals surface area contributed by atoms with Crippen LogP contribution in [0.1, 0.15) is 31.2 Å². The monoisotopic (exact) mass is 320 g/mol. The van der Waals surface area contributed by atoms with Crippen molar-refractivity contribution in [1.82, 2.24) is 14.7 Å². The van der Waals surface area contributed by atoms with Crippen LogP contribution in [0.15, 0.2) is 18.5 Å². The maximum absolute atomic E-state index is 12.4. The van der Waals surface area contributed by atoms with Gasteiger partial charge < -0.3 is 15.4 Å². The van der Waals surface area contributed by atoms with Crippen molar-refractivity contribution in [3.05, 3.63) is 24.0 Å². The van der Waals surface area contributed by atoms with Gasteiger partial charge in [0.2, 0.25) is 11.8 Å². The van der Waals surface area contributed by atoms with Gasteiger partial charge in [-0.05, 0) is 25.3 Å². The van der Waals surface area contributed by atoms with Crippen LogP contribution in [0.25, 0.3) is 6.08 Å². The van der Waals surface area contributed by atoms with E-state index in [1.54, 1.807) is 35.0 Å². The molecule has 0 saturated carbocycles. The quantitative estimate of drug-likeness (QED) is 0.781. The van der Waals surface area contributed by atoms with Crippen LogP contribution in [0.3, 0.4) is 0 Å². The fraction of sp³-hybridized carbons (Fsp3) is 0.562. The molecule has 2 rings (SSSR count). The molecule has 0 aromatic carbocycles. The Hall–Kier alpha value is -2.15. The first kappa shape index (κ1) is 17.2. The number of likely N-dealkylation sites (tertiary alicyclic amines) is 1. The average Bonchev–Trinajstić information content (AvgIpc) is 2.96. The molecule has 2 amide bonds. The first-order chi connectivity index (χ1) is 10.9. The predicted molar refractivity (Wildman–Crippen MR) is 86.2 cm³/mol. The molecule has 1 aromatic heterocycles. The smallest absolute Gasteiger partial charge is 0.246 e. The number of aromatic nitrogens is 2. The fourth-order valence-electron chi connectivity index (χ4n) is 2.91. The van der Waals surface area contributed by atoms with Crippen LogP contribution in [0.2, 0.25) is 0 Å². The maximum Gasteiger partial charge on any atom is 0.246 e. The van der Waals surface area contributed by atoms with Crippen LogP contribution in [-0.2, 0) is 21.4 Å². The van der Waals surface area contributed by atoms with Crippen molar-refractivity contribution in [3.8, 4) is 0 Å². The lowest BCUT2D eigenvalue weighted by Gasteiger charge is -2.41. The van der Waals surface area contributed by atoms with Crippen molar-refractivity contribution >= 4 is 17.9 Å². The van der Waals surface area contributed by atoms with Crippen LogP contribution in [-0.4, -0.2) is 52.3 Å². The van der Waals surface area contributed by atoms with Crippen molar-refractivity contribution in [2.45, 2.75) is 31.3 Å². The number of hydrogen-bond acceptors (Lipinski definition) is 4. The summed E-state index contributed by atoms with van der Waals surface area (Å²) in [6.45, 7) is 1.17. The van der Waals surface area contributed by atoms with E-state index in [2.05, 4.69) is 5.10 Å². The number of carbonyl (C=O) groups excluding carboxylic acids is 2. The van der Waals surface area contributed by atoms with Crippen LogP contribution >= 0.6 is 0 Å². The fourth-order valence-corrected chi connectivity index (χ4v) is 2.91. The summed E-state index contributed by atoms with van der Waals surface area (Å²) in [5.41, 5.74) is 5.64. The van der Waals surface area contributed by atoms with E-state index >= 15 is 0 Å². The van der Waals surface area contributed by atoms with Gasteiger partial charge in [0, 0.05) is 51.5 Å². The van der Waals surface area contributed by atoms with E-state index in [9.17, 15) is 9.59 Å². The van der Waals surface area contributed by atoms with Gasteiger partial charge in [-0.1, -0.05) is 0 Å². The summed E-state index contributed by atoms with van der Waals surface area (Å²) >= 11 is 0. The predicted octanol–water partition coefficient (Wildman–Crippen LogP) is 0.706. The number of rotatable bonds is 6. The lowest BCUT2D eigenvalue weighted by atomic mass is 9.87. The third-order valence-corrected chi connectivity index (χ3v) is 4.25. The summed E-state index contributed by atoms with van der Waals surface area (Å²) in [6, 6.07) is 0. The number of carbonyl (C=O) groups is 2. The molecule has 7 heteroatoms. The lowest BCUT2D eigenvalue weighted by Crippen LogP contribution is -2.51. The summed E-state index contributed by atoms with van der Waals surface area (Å²) in [5.74, 6) is -0.407. The highest BCUT2D eigenvalue weighted by Gasteiger charge is 2.36. The topological polar surface area (TPSA) is 90.4 Å². The van der Waals surface area contributed by atoms with Crippen LogP contribution in [0.4, 0.5) is 0 Å². The van der Waals surface area contributed by atoms with Gasteiger partial charge in [-0.25, -0.2) is 0 Å². The van der Waals surface area contributed by atoms with E-state index in [0.29, 0.717) is 19.5 Å². The van der Waals surface area contributed by atoms with E-state index in [1.807, 2.05) is 13.2 Å². The Morgan fingerprint density at radius 3 is 2.91 bits per heavy atom. The molecule has 1 saturated heterocycles. The zero-order chi connectivity index (χ0) is 16.9. The highest BCUT2D eigenvalue weighted by atomic mass is 16.5. The number of amides is 2. The van der Waals surface area contributed by atoms with Gasteiger partial charge in [0.15, 0.2) is 0 Å². The number of piperidine rings is 1. The first-order valence-corrected chi connectivity index (χ1v) is 7.73. The molecule has 2 N–H and O–H groups in total. The molecule has 0 bridgehead atoms. The molecule has 0 unspecified atom stereocenters. The second-order valence-corrected chi connectivity index (χ2v) is 6.00. The van der Waals surface area contributed by atoms with Crippen LogP contribution in [0, 0.1) is 0 Å². The van der Waals surface area contributed by atoms with Crippen LogP contribution in [0.5, 0.6) is 0 Å². The Labute approximate surface area is 136 Å². The third-order valence-electron chi connectivity index (χ3n) is 4.25. The Kier molecular flexibility index (Phi) is 5.54. The average molecular weight is 320 g/mol. The van der Waals surface area contributed by atoms with Gasteiger partial charge in [0.05, 0.1) is 11.8 Å². The number of primary amides is 1. The molecule has 1 aliphatic rings. The summed E-state index contributed by atoms with van der Waals surface area (Å²) in [6.07, 6.45) is 9.32. The number of aryl methyl sites for hydroxylation is 1. The molecular formula is C16H24N4O3. The highest BCUT2D eigenvalue weighted by Crippen LogP contribution is 2.29. The summed E-state index contributed by atoms with van der Waals surface area (Å²) in [7, 11) is 3.45. The molecule has 1 atom stereocenters. The molecule has 2 heterocycles. The molecular weight excluding hydrogens is 296 g/mol. The molecule has 1 aliphatic heterocycles. The zero-order valence-electron chi connectivity index (χ0n) is 13.7. The third kappa shape index (κ3) is 4.66. The van der Waals surface area contributed by atoms with Crippen molar-refractivity contribution in [3.63, 3.8) is 0 Å². The van der Waals surface area contributed by atoms with Gasteiger partial charge in [-0.15, -0.1) is 0 Å². The molecule has 7 nitrogen and oxygen atoms in total. The lowest BCUT2D eigenvalue weighted by molar-refractivity contribution is -0.136. The van der Waals surface area contributed by atoms with E-state index in [1.165, 1.54) is 0 Å². The second-order valence-electron chi connectivity index (χ2n) is 6.00. The van der Waals surface area contributed by atoms with Gasteiger partial charge in [-0.3, -0.25) is 14.3 Å². The zero-order valence-corrected chi connectivity index (χ0v) is 13.7. The van der Waals surface area contributed by atoms with E-state index in [-0.39, 0.29) is 18.2 Å². The molecule has 1 aromatic rings. The molecule has 0 aliphatic carbocycles. The van der Waals surface area contributed by atoms with Crippen molar-refractivity contribution in [2.75, 3.05) is 20.2 Å². The molecule has 126 valence electrons. The van der Waals surface area contributed by atoms with Crippen LogP contribution < -0.4 is 5.73 Å². The van der Waals surface area contributed by atoms with Gasteiger partial charge >= 0.3 is 0 Å². The van der Waals surface area contributed by atoms with E-state index < -0.39 is 5.60 Å². The molecule has 0 radical (unpaired) electrons. The number of methoxy groups -OCH3 is 1. The van der Waals surface area contributed by atoms with E-state index in [0.717, 1.165) is 18.4 Å². The second kappa shape index (κ2) is 7.41. The van der Waals surface area contributed by atoms with Gasteiger partial charge in [0.1, 0.15) is 0 Å². The largest absolute Gasteiger partial charge is 0.376 e. The van der Waals surface area contributed by atoms with Crippen molar-refractivity contribution in [2.24, 2.45) is 12.8 Å². The Morgan fingerprint density at radius 1 is 1.52 bits per heavy atom. The summed E-state index contributed by atoms with van der Waals surface area (Å²) < 4.78 is 7.32. The maximum atomic E-state index is 12.4.